The van der Waals surface area contributed by atoms with Crippen molar-refractivity contribution in [3.63, 3.8) is 0 Å². The number of nitrogens with zero attached hydrogens (tertiary/aromatic N) is 3. The summed E-state index contributed by atoms with van der Waals surface area (Å²) in [5.41, 5.74) is 0. The molecule has 17 heavy (non-hydrogen) atoms. The smallest absolute Gasteiger partial charge is 0.314 e. The van der Waals surface area contributed by atoms with Gasteiger partial charge in [0.2, 0.25) is 5.89 Å². The zero-order valence-corrected chi connectivity index (χ0v) is 9.72. The fraction of sp³-hybridized carbons (Fsp3) is 0.400. The molecule has 1 N–H and O–H groups in total. The minimum Gasteiger partial charge on any atom is -0.417 e. The van der Waals surface area contributed by atoms with E-state index in [4.69, 9.17) is 8.94 Å². The number of hydrogen-bond acceptors (Lipinski definition) is 6. The number of amides is 1. The Balaban J connectivity index is 2.09. The molecule has 1 amide bonds. The van der Waals surface area contributed by atoms with Crippen LogP contribution in [0.15, 0.2) is 15.0 Å². The highest BCUT2D eigenvalue weighted by Crippen LogP contribution is 2.13. The van der Waals surface area contributed by atoms with Crippen molar-refractivity contribution in [3.8, 4) is 0 Å². The number of carbonyl (C=O) groups is 1. The number of aromatic nitrogens is 3. The van der Waals surface area contributed by atoms with Gasteiger partial charge in [-0.3, -0.25) is 10.1 Å². The first kappa shape index (κ1) is 11.3. The summed E-state index contributed by atoms with van der Waals surface area (Å²) < 4.78 is 10.0. The van der Waals surface area contributed by atoms with Crippen LogP contribution in [-0.4, -0.2) is 21.3 Å². The SMILES string of the molecule is Cc1cc(NC(=O)c2nnc(C(C)C)o2)no1. The van der Waals surface area contributed by atoms with Crippen molar-refractivity contribution in [1.82, 2.24) is 15.4 Å². The molecule has 0 unspecified atom stereocenters. The molecular formula is C10H12N4O3. The maximum Gasteiger partial charge on any atom is 0.314 e. The average molecular weight is 236 g/mol. The molecule has 0 fully saturated rings. The molecule has 2 aromatic rings. The molecule has 2 heterocycles. The van der Waals surface area contributed by atoms with Crippen LogP contribution in [0.3, 0.4) is 0 Å². The van der Waals surface area contributed by atoms with Crippen LogP contribution in [0, 0.1) is 6.92 Å². The van der Waals surface area contributed by atoms with Gasteiger partial charge in [0, 0.05) is 12.0 Å². The first-order chi connectivity index (χ1) is 8.06. The van der Waals surface area contributed by atoms with Gasteiger partial charge in [-0.05, 0) is 6.92 Å². The Bertz CT molecular complexity index is 529. The minimum absolute atomic E-state index is 0.0818. The second-order valence-electron chi connectivity index (χ2n) is 3.88. The van der Waals surface area contributed by atoms with Crippen LogP contribution in [0.5, 0.6) is 0 Å². The van der Waals surface area contributed by atoms with Crippen molar-refractivity contribution < 1.29 is 13.7 Å². The Morgan fingerprint density at radius 1 is 1.41 bits per heavy atom. The summed E-state index contributed by atoms with van der Waals surface area (Å²) in [6.07, 6.45) is 0. The van der Waals surface area contributed by atoms with Crippen molar-refractivity contribution in [2.24, 2.45) is 0 Å². The molecule has 0 saturated carbocycles. The summed E-state index contributed by atoms with van der Waals surface area (Å²) in [6, 6.07) is 1.59. The first-order valence-electron chi connectivity index (χ1n) is 5.14. The molecule has 0 bridgehead atoms. The quantitative estimate of drug-likeness (QED) is 0.872. The molecule has 0 aliphatic heterocycles. The van der Waals surface area contributed by atoms with Gasteiger partial charge in [-0.15, -0.1) is 10.2 Å². The minimum atomic E-state index is -0.502. The molecule has 0 atom stereocenters. The van der Waals surface area contributed by atoms with Gasteiger partial charge in [0.15, 0.2) is 5.82 Å². The molecule has 7 nitrogen and oxygen atoms in total. The molecule has 0 radical (unpaired) electrons. The summed E-state index contributed by atoms with van der Waals surface area (Å²) >= 11 is 0. The molecule has 7 heteroatoms. The summed E-state index contributed by atoms with van der Waals surface area (Å²) in [4.78, 5) is 11.7. The van der Waals surface area contributed by atoms with E-state index in [1.165, 1.54) is 0 Å². The highest BCUT2D eigenvalue weighted by atomic mass is 16.5. The van der Waals surface area contributed by atoms with E-state index < -0.39 is 5.91 Å². The lowest BCUT2D eigenvalue weighted by Crippen LogP contribution is -2.12. The van der Waals surface area contributed by atoms with Crippen LogP contribution in [0.25, 0.3) is 0 Å². The highest BCUT2D eigenvalue weighted by molar-refractivity contribution is 6.00. The van der Waals surface area contributed by atoms with E-state index in [9.17, 15) is 4.79 Å². The standard InChI is InChI=1S/C10H12N4O3/c1-5(2)9-12-13-10(16-9)8(15)11-7-4-6(3)17-14-7/h4-5H,1-3H3,(H,11,14,15). The maximum absolute atomic E-state index is 11.7. The van der Waals surface area contributed by atoms with E-state index in [1.54, 1.807) is 13.0 Å². The predicted octanol–water partition coefficient (Wildman–Crippen LogP) is 1.74. The number of nitrogens with one attached hydrogen (secondary N) is 1. The Hall–Kier alpha value is -2.18. The topological polar surface area (TPSA) is 94.1 Å². The van der Waals surface area contributed by atoms with Crippen molar-refractivity contribution in [1.29, 1.82) is 0 Å². The normalized spacial score (nSPS) is 10.8. The van der Waals surface area contributed by atoms with Gasteiger partial charge >= 0.3 is 11.8 Å². The average Bonchev–Trinajstić information content (AvgIpc) is 2.86. The summed E-state index contributed by atoms with van der Waals surface area (Å²) in [6.45, 7) is 5.53. The van der Waals surface area contributed by atoms with Gasteiger partial charge in [-0.25, -0.2) is 0 Å². The number of carbonyl (C=O) groups excluding carboxylic acids is 1. The maximum atomic E-state index is 11.7. The van der Waals surface area contributed by atoms with Crippen molar-refractivity contribution in [3.05, 3.63) is 23.6 Å². The molecule has 2 rings (SSSR count). The van der Waals surface area contributed by atoms with Crippen molar-refractivity contribution in [2.45, 2.75) is 26.7 Å². The Labute approximate surface area is 97.2 Å². The zero-order chi connectivity index (χ0) is 12.4. The van der Waals surface area contributed by atoms with Crippen LogP contribution in [-0.2, 0) is 0 Å². The molecular weight excluding hydrogens is 224 g/mol. The second-order valence-corrected chi connectivity index (χ2v) is 3.88. The summed E-state index contributed by atoms with van der Waals surface area (Å²) in [7, 11) is 0. The van der Waals surface area contributed by atoms with Crippen LogP contribution >= 0.6 is 0 Å². The fourth-order valence-electron chi connectivity index (χ4n) is 1.15. The van der Waals surface area contributed by atoms with Gasteiger partial charge in [0.05, 0.1) is 0 Å². The predicted molar refractivity (Wildman–Crippen MR) is 57.6 cm³/mol. The zero-order valence-electron chi connectivity index (χ0n) is 9.72. The van der Waals surface area contributed by atoms with Gasteiger partial charge < -0.3 is 8.94 Å². The molecule has 90 valence electrons. The summed E-state index contributed by atoms with van der Waals surface area (Å²) in [5.74, 6) is 0.836. The third-order valence-corrected chi connectivity index (χ3v) is 2.00. The number of aryl methyl sites for hydroxylation is 1. The molecule has 0 aliphatic carbocycles. The van der Waals surface area contributed by atoms with E-state index in [0.717, 1.165) is 0 Å². The van der Waals surface area contributed by atoms with Crippen molar-refractivity contribution >= 4 is 11.7 Å². The fourth-order valence-corrected chi connectivity index (χ4v) is 1.15. The monoisotopic (exact) mass is 236 g/mol. The highest BCUT2D eigenvalue weighted by Gasteiger charge is 2.17. The Morgan fingerprint density at radius 2 is 2.18 bits per heavy atom. The number of anilines is 1. The lowest BCUT2D eigenvalue weighted by atomic mass is 10.2. The van der Waals surface area contributed by atoms with Crippen LogP contribution in [0.1, 0.15) is 42.1 Å². The largest absolute Gasteiger partial charge is 0.417 e. The van der Waals surface area contributed by atoms with E-state index >= 15 is 0 Å². The van der Waals surface area contributed by atoms with Crippen LogP contribution in [0.2, 0.25) is 0 Å². The lowest BCUT2D eigenvalue weighted by molar-refractivity contribution is 0.0987. The second kappa shape index (κ2) is 4.36. The van der Waals surface area contributed by atoms with Crippen molar-refractivity contribution in [2.75, 3.05) is 5.32 Å². The van der Waals surface area contributed by atoms with Crippen LogP contribution < -0.4 is 5.32 Å². The van der Waals surface area contributed by atoms with E-state index in [2.05, 4.69) is 20.7 Å². The van der Waals surface area contributed by atoms with Gasteiger partial charge in [0.25, 0.3) is 0 Å². The molecule has 0 saturated heterocycles. The van der Waals surface area contributed by atoms with E-state index in [-0.39, 0.29) is 11.8 Å². The van der Waals surface area contributed by atoms with Gasteiger partial charge in [-0.1, -0.05) is 19.0 Å². The molecule has 0 aromatic carbocycles. The molecule has 0 aliphatic rings. The third-order valence-electron chi connectivity index (χ3n) is 2.00. The first-order valence-corrected chi connectivity index (χ1v) is 5.14. The Morgan fingerprint density at radius 3 is 2.71 bits per heavy atom. The number of hydrogen-bond donors (Lipinski definition) is 1. The van der Waals surface area contributed by atoms with Gasteiger partial charge in [0.1, 0.15) is 5.76 Å². The molecule has 0 spiro atoms. The third kappa shape index (κ3) is 2.49. The van der Waals surface area contributed by atoms with E-state index in [0.29, 0.717) is 17.5 Å². The van der Waals surface area contributed by atoms with Crippen LogP contribution in [0.4, 0.5) is 5.82 Å². The lowest BCUT2D eigenvalue weighted by Gasteiger charge is -1.96. The van der Waals surface area contributed by atoms with E-state index in [1.807, 2.05) is 13.8 Å². The Kier molecular flexibility index (Phi) is 2.90. The number of rotatable bonds is 3. The summed E-state index contributed by atoms with van der Waals surface area (Å²) in [5, 5.41) is 13.5. The van der Waals surface area contributed by atoms with Gasteiger partial charge in [-0.2, -0.15) is 0 Å². The molecule has 2 aromatic heterocycles.